The molecule has 0 bridgehead atoms. The summed E-state index contributed by atoms with van der Waals surface area (Å²) in [6.07, 6.45) is 0. The highest BCUT2D eigenvalue weighted by molar-refractivity contribution is 9.10. The van der Waals surface area contributed by atoms with Gasteiger partial charge in [-0.3, -0.25) is 0 Å². The number of rotatable bonds is 3. The first-order valence-electron chi connectivity index (χ1n) is 4.96. The fourth-order valence-electron chi connectivity index (χ4n) is 1.33. The predicted molar refractivity (Wildman–Crippen MR) is 67.2 cm³/mol. The summed E-state index contributed by atoms with van der Waals surface area (Å²) < 4.78 is 24.1. The summed E-state index contributed by atoms with van der Waals surface area (Å²) in [6.45, 7) is 0. The lowest BCUT2D eigenvalue weighted by Crippen LogP contribution is -1.87. The van der Waals surface area contributed by atoms with Crippen molar-refractivity contribution in [2.45, 2.75) is 0 Å². The van der Waals surface area contributed by atoms with E-state index in [2.05, 4.69) is 15.9 Å². The van der Waals surface area contributed by atoms with Crippen molar-refractivity contribution in [2.75, 3.05) is 7.11 Å². The quantitative estimate of drug-likeness (QED) is 0.836. The van der Waals surface area contributed by atoms with Crippen LogP contribution in [0.5, 0.6) is 17.2 Å². The van der Waals surface area contributed by atoms with Crippen LogP contribution in [0.1, 0.15) is 0 Å². The SMILES string of the molecule is COc1ccc(Oc2ccc(F)cc2Br)cc1. The number of benzene rings is 2. The molecule has 0 radical (unpaired) electrons. The van der Waals surface area contributed by atoms with Crippen LogP contribution in [0.2, 0.25) is 0 Å². The Morgan fingerprint density at radius 3 is 2.24 bits per heavy atom. The molecule has 4 heteroatoms. The lowest BCUT2D eigenvalue weighted by molar-refractivity contribution is 0.412. The third-order valence-electron chi connectivity index (χ3n) is 2.18. The Morgan fingerprint density at radius 2 is 1.65 bits per heavy atom. The molecule has 0 fully saturated rings. The molecule has 2 nitrogen and oxygen atoms in total. The summed E-state index contributed by atoms with van der Waals surface area (Å²) in [5, 5.41) is 0. The van der Waals surface area contributed by atoms with E-state index in [1.807, 2.05) is 0 Å². The van der Waals surface area contributed by atoms with Crippen LogP contribution in [0.15, 0.2) is 46.9 Å². The molecule has 2 aromatic rings. The van der Waals surface area contributed by atoms with Crippen molar-refractivity contribution in [1.29, 1.82) is 0 Å². The topological polar surface area (TPSA) is 18.5 Å². The Bertz CT molecular complexity index is 511. The molecule has 0 aliphatic heterocycles. The maximum Gasteiger partial charge on any atom is 0.141 e. The van der Waals surface area contributed by atoms with Crippen LogP contribution in [0.3, 0.4) is 0 Å². The van der Waals surface area contributed by atoms with E-state index in [1.165, 1.54) is 12.1 Å². The number of methoxy groups -OCH3 is 1. The lowest BCUT2D eigenvalue weighted by atomic mass is 10.3. The zero-order valence-corrected chi connectivity index (χ0v) is 10.7. The molecule has 0 spiro atoms. The number of halogens is 2. The second-order valence-corrected chi connectivity index (χ2v) is 4.21. The highest BCUT2D eigenvalue weighted by Gasteiger charge is 2.04. The molecule has 17 heavy (non-hydrogen) atoms. The van der Waals surface area contributed by atoms with Crippen LogP contribution in [0, 0.1) is 5.82 Å². The Kier molecular flexibility index (Phi) is 3.64. The molecule has 2 rings (SSSR count). The molecule has 0 aromatic heterocycles. The van der Waals surface area contributed by atoms with Gasteiger partial charge in [0.25, 0.3) is 0 Å². The van der Waals surface area contributed by atoms with Gasteiger partial charge in [0.2, 0.25) is 0 Å². The zero-order valence-electron chi connectivity index (χ0n) is 9.11. The van der Waals surface area contributed by atoms with Crippen molar-refractivity contribution in [3.63, 3.8) is 0 Å². The van der Waals surface area contributed by atoms with Crippen molar-refractivity contribution in [2.24, 2.45) is 0 Å². The molecule has 0 saturated carbocycles. The van der Waals surface area contributed by atoms with Crippen LogP contribution in [-0.4, -0.2) is 7.11 Å². The maximum absolute atomic E-state index is 12.9. The van der Waals surface area contributed by atoms with Crippen molar-refractivity contribution in [3.8, 4) is 17.2 Å². The molecular formula is C13H10BrFO2. The van der Waals surface area contributed by atoms with Gasteiger partial charge in [0.15, 0.2) is 0 Å². The molecule has 0 aliphatic carbocycles. The minimum absolute atomic E-state index is 0.307. The smallest absolute Gasteiger partial charge is 0.141 e. The third kappa shape index (κ3) is 2.97. The van der Waals surface area contributed by atoms with Gasteiger partial charge in [0.1, 0.15) is 23.1 Å². The lowest BCUT2D eigenvalue weighted by Gasteiger charge is -2.08. The van der Waals surface area contributed by atoms with E-state index in [0.29, 0.717) is 16.0 Å². The third-order valence-corrected chi connectivity index (χ3v) is 2.80. The van der Waals surface area contributed by atoms with Gasteiger partial charge in [-0.15, -0.1) is 0 Å². The number of hydrogen-bond donors (Lipinski definition) is 0. The van der Waals surface area contributed by atoms with Crippen LogP contribution < -0.4 is 9.47 Å². The van der Waals surface area contributed by atoms with Gasteiger partial charge in [-0.2, -0.15) is 0 Å². The molecule has 0 aliphatic rings. The molecule has 2 aromatic carbocycles. The second kappa shape index (κ2) is 5.19. The highest BCUT2D eigenvalue weighted by Crippen LogP contribution is 2.30. The predicted octanol–water partition coefficient (Wildman–Crippen LogP) is 4.39. The summed E-state index contributed by atoms with van der Waals surface area (Å²) in [5.74, 6) is 1.68. The first-order chi connectivity index (χ1) is 8.19. The Morgan fingerprint density at radius 1 is 1.00 bits per heavy atom. The molecule has 88 valence electrons. The van der Waals surface area contributed by atoms with Gasteiger partial charge in [-0.25, -0.2) is 4.39 Å². The zero-order chi connectivity index (χ0) is 12.3. The normalized spacial score (nSPS) is 10.1. The molecule has 0 atom stereocenters. The van der Waals surface area contributed by atoms with Crippen LogP contribution >= 0.6 is 15.9 Å². The van der Waals surface area contributed by atoms with Crippen molar-refractivity contribution >= 4 is 15.9 Å². The average molecular weight is 297 g/mol. The minimum Gasteiger partial charge on any atom is -0.497 e. The molecule has 0 saturated heterocycles. The summed E-state index contributed by atoms with van der Waals surface area (Å²) in [5.41, 5.74) is 0. The summed E-state index contributed by atoms with van der Waals surface area (Å²) >= 11 is 3.24. The molecule has 0 heterocycles. The van der Waals surface area contributed by atoms with Crippen molar-refractivity contribution in [1.82, 2.24) is 0 Å². The molecular weight excluding hydrogens is 287 g/mol. The van der Waals surface area contributed by atoms with Gasteiger partial charge in [0.05, 0.1) is 11.6 Å². The van der Waals surface area contributed by atoms with E-state index in [0.717, 1.165) is 5.75 Å². The van der Waals surface area contributed by atoms with Gasteiger partial charge in [0, 0.05) is 0 Å². The minimum atomic E-state index is -0.307. The van der Waals surface area contributed by atoms with Gasteiger partial charge in [-0.1, -0.05) is 0 Å². The van der Waals surface area contributed by atoms with Crippen LogP contribution in [0.4, 0.5) is 4.39 Å². The monoisotopic (exact) mass is 296 g/mol. The molecule has 0 amide bonds. The van der Waals surface area contributed by atoms with Gasteiger partial charge in [-0.05, 0) is 58.4 Å². The van der Waals surface area contributed by atoms with E-state index >= 15 is 0 Å². The van der Waals surface area contributed by atoms with Crippen LogP contribution in [0.25, 0.3) is 0 Å². The number of hydrogen-bond acceptors (Lipinski definition) is 2. The van der Waals surface area contributed by atoms with Crippen molar-refractivity contribution in [3.05, 3.63) is 52.8 Å². The van der Waals surface area contributed by atoms with E-state index in [4.69, 9.17) is 9.47 Å². The molecule has 0 N–H and O–H groups in total. The summed E-state index contributed by atoms with van der Waals surface area (Å²) in [4.78, 5) is 0. The van der Waals surface area contributed by atoms with Crippen molar-refractivity contribution < 1.29 is 13.9 Å². The fraction of sp³-hybridized carbons (Fsp3) is 0.0769. The standard InChI is InChI=1S/C13H10BrFO2/c1-16-10-3-5-11(6-4-10)17-13-7-2-9(15)8-12(13)14/h2-8H,1H3. The first kappa shape index (κ1) is 11.9. The van der Waals surface area contributed by atoms with Gasteiger partial charge >= 0.3 is 0 Å². The largest absolute Gasteiger partial charge is 0.497 e. The van der Waals surface area contributed by atoms with Crippen LogP contribution in [-0.2, 0) is 0 Å². The Labute approximate surface area is 107 Å². The summed E-state index contributed by atoms with van der Waals surface area (Å²) in [6, 6.07) is 11.5. The van der Waals surface area contributed by atoms with E-state index < -0.39 is 0 Å². The Balaban J connectivity index is 2.19. The van der Waals surface area contributed by atoms with E-state index in [1.54, 1.807) is 37.4 Å². The van der Waals surface area contributed by atoms with E-state index in [-0.39, 0.29) is 5.82 Å². The van der Waals surface area contributed by atoms with E-state index in [9.17, 15) is 4.39 Å². The maximum atomic E-state index is 12.9. The highest BCUT2D eigenvalue weighted by atomic mass is 79.9. The fourth-order valence-corrected chi connectivity index (χ4v) is 1.76. The Hall–Kier alpha value is -1.55. The second-order valence-electron chi connectivity index (χ2n) is 3.35. The first-order valence-corrected chi connectivity index (χ1v) is 5.75. The van der Waals surface area contributed by atoms with Gasteiger partial charge < -0.3 is 9.47 Å². The summed E-state index contributed by atoms with van der Waals surface area (Å²) in [7, 11) is 1.60. The number of ether oxygens (including phenoxy) is 2. The average Bonchev–Trinajstić information content (AvgIpc) is 2.34. The molecule has 0 unspecified atom stereocenters.